The standard InChI is InChI=1S/C51H91N7O18/c1-45(2,3)72-40(63)53-24-31(59)38(62)54-30-22-29(56-42(65)74-47(7,8)9)32(33(60)36(30)71-39-34(61)37(51(18,68)26-69-39)58(19)44(67)76-49(13,14)15)35-28(55-41(64)73-46(4,5)6)21-20-27(70-35)23-52-25-50(16,17)57-43(66)75-48(10,11)12/h20,28-37,39,52,59-61,68H,21-26H2,1-19H3,(H,53,63)(H,54,62)(H,55,64)(H,56,65)(H,57,66)/t28-,29+,30-,31+,32?,33+,34-,35+,36+,37-,39-,51+/m1/s1. The Labute approximate surface area is 447 Å². The minimum atomic E-state index is -1.91. The highest BCUT2D eigenvalue weighted by Crippen LogP contribution is 2.39. The van der Waals surface area contributed by atoms with E-state index in [-0.39, 0.29) is 25.9 Å². The molecule has 2 aliphatic heterocycles. The quantitative estimate of drug-likeness (QED) is 0.105. The minimum absolute atomic E-state index is 0.0600. The van der Waals surface area contributed by atoms with Crippen LogP contribution in [-0.4, -0.2) is 195 Å². The molecular formula is C51H91N7O18. The van der Waals surface area contributed by atoms with Gasteiger partial charge in [-0.05, 0) is 144 Å². The lowest BCUT2D eigenvalue weighted by Crippen LogP contribution is -2.71. The van der Waals surface area contributed by atoms with Crippen molar-refractivity contribution in [1.29, 1.82) is 0 Å². The monoisotopic (exact) mass is 1090 g/mol. The molecule has 0 aromatic heterocycles. The van der Waals surface area contributed by atoms with E-state index in [0.29, 0.717) is 5.76 Å². The third-order valence-electron chi connectivity index (χ3n) is 11.5. The minimum Gasteiger partial charge on any atom is -0.491 e. The van der Waals surface area contributed by atoms with E-state index in [1.54, 1.807) is 124 Å². The molecule has 6 amide bonds. The van der Waals surface area contributed by atoms with E-state index in [2.05, 4.69) is 31.9 Å². The molecule has 0 radical (unpaired) electrons. The predicted molar refractivity (Wildman–Crippen MR) is 276 cm³/mol. The van der Waals surface area contributed by atoms with Gasteiger partial charge in [0, 0.05) is 25.6 Å². The topological polar surface area (TPSA) is 333 Å². The van der Waals surface area contributed by atoms with Crippen LogP contribution in [-0.2, 0) is 42.7 Å². The Morgan fingerprint density at radius 1 is 0.711 bits per heavy atom. The maximum Gasteiger partial charge on any atom is 0.410 e. The van der Waals surface area contributed by atoms with Crippen LogP contribution in [0, 0.1) is 5.92 Å². The maximum absolute atomic E-state index is 13.9. The Morgan fingerprint density at radius 3 is 1.74 bits per heavy atom. The second-order valence-electron chi connectivity index (χ2n) is 25.6. The number of hydrogen-bond acceptors (Lipinski definition) is 19. The number of carbonyl (C=O) groups is 6. The Kier molecular flexibility index (Phi) is 21.7. The maximum atomic E-state index is 13.9. The number of aliphatic hydroxyl groups is 4. The summed E-state index contributed by atoms with van der Waals surface area (Å²) in [5, 5.41) is 64.5. The molecule has 25 heteroatoms. The molecule has 76 heavy (non-hydrogen) atoms. The zero-order chi connectivity index (χ0) is 58.3. The van der Waals surface area contributed by atoms with Crippen molar-refractivity contribution < 1.29 is 87.1 Å². The van der Waals surface area contributed by atoms with Gasteiger partial charge >= 0.3 is 30.5 Å². The first-order valence-electron chi connectivity index (χ1n) is 25.7. The molecule has 0 aromatic rings. The molecule has 0 spiro atoms. The summed E-state index contributed by atoms with van der Waals surface area (Å²) in [6, 6.07) is -5.03. The van der Waals surface area contributed by atoms with Crippen molar-refractivity contribution in [2.45, 2.75) is 238 Å². The number of nitrogens with one attached hydrogen (secondary N) is 6. The molecular weight excluding hydrogens is 999 g/mol. The van der Waals surface area contributed by atoms with E-state index >= 15 is 0 Å². The second-order valence-corrected chi connectivity index (χ2v) is 25.6. The Balaban J connectivity index is 2.19. The van der Waals surface area contributed by atoms with Gasteiger partial charge in [-0.25, -0.2) is 24.0 Å². The van der Waals surface area contributed by atoms with Gasteiger partial charge in [0.05, 0.1) is 49.5 Å². The average molecular weight is 1090 g/mol. The SMILES string of the molecule is CN(C(=O)OC(C)(C)C)[C@@H]1[C@@H](O)[C@@H](O[C@H]2[C@H](NC(=O)[C@@H](O)CNC(=O)OC(C)(C)C)C[C@H](NC(=O)OC(C)(C)C)C([C@H]3OC(CNCC(C)(C)NC(=O)OC(C)(C)C)=CC[C@H]3NC(=O)OC(C)(C)C)[C@@H]2O)OC[C@]1(C)O. The Morgan fingerprint density at radius 2 is 1.21 bits per heavy atom. The first-order chi connectivity index (χ1) is 34.4. The summed E-state index contributed by atoms with van der Waals surface area (Å²) >= 11 is 0. The van der Waals surface area contributed by atoms with Crippen molar-refractivity contribution >= 4 is 36.4 Å². The normalized spacial score (nSPS) is 28.0. The third-order valence-corrected chi connectivity index (χ3v) is 11.5. The lowest BCUT2D eigenvalue weighted by Gasteiger charge is -2.52. The first kappa shape index (κ1) is 65.4. The Hall–Kier alpha value is -4.92. The summed E-state index contributed by atoms with van der Waals surface area (Å²) in [6.45, 7) is 29.0. The molecule has 1 saturated heterocycles. The van der Waals surface area contributed by atoms with Crippen LogP contribution in [0.15, 0.2) is 11.8 Å². The number of aliphatic hydroxyl groups excluding tert-OH is 3. The lowest BCUT2D eigenvalue weighted by atomic mass is 9.72. The highest BCUT2D eigenvalue weighted by Gasteiger charge is 2.57. The van der Waals surface area contributed by atoms with Gasteiger partial charge in [0.2, 0.25) is 0 Å². The zero-order valence-corrected chi connectivity index (χ0v) is 48.1. The van der Waals surface area contributed by atoms with Crippen LogP contribution >= 0.6 is 0 Å². The van der Waals surface area contributed by atoms with Crippen LogP contribution in [0.25, 0.3) is 0 Å². The van der Waals surface area contributed by atoms with Gasteiger partial charge in [0.25, 0.3) is 5.91 Å². The highest BCUT2D eigenvalue weighted by atomic mass is 16.7. The number of carbonyl (C=O) groups excluding carboxylic acids is 6. The summed E-state index contributed by atoms with van der Waals surface area (Å²) in [4.78, 5) is 80.9. The molecule has 25 nitrogen and oxygen atoms in total. The fourth-order valence-electron chi connectivity index (χ4n) is 8.68. The van der Waals surface area contributed by atoms with Gasteiger partial charge in [-0.1, -0.05) is 0 Å². The summed E-state index contributed by atoms with van der Waals surface area (Å²) in [7, 11) is 1.31. The molecule has 12 atom stereocenters. The number of ether oxygens (including phenoxy) is 8. The van der Waals surface area contributed by atoms with Gasteiger partial charge in [0.15, 0.2) is 6.29 Å². The molecule has 1 saturated carbocycles. The summed E-state index contributed by atoms with van der Waals surface area (Å²) in [6.07, 6.45) is -13.0. The highest BCUT2D eigenvalue weighted by molar-refractivity contribution is 5.82. The zero-order valence-electron chi connectivity index (χ0n) is 48.1. The third kappa shape index (κ3) is 21.5. The molecule has 1 unspecified atom stereocenters. The van der Waals surface area contributed by atoms with Crippen LogP contribution < -0.4 is 31.9 Å². The Bertz CT molecular complexity index is 2040. The fourth-order valence-corrected chi connectivity index (χ4v) is 8.68. The molecule has 3 aliphatic rings. The first-order valence-corrected chi connectivity index (χ1v) is 25.7. The van der Waals surface area contributed by atoms with Crippen molar-refractivity contribution in [3.8, 4) is 0 Å². The molecule has 1 aliphatic carbocycles. The van der Waals surface area contributed by atoms with Crippen molar-refractivity contribution in [3.05, 3.63) is 11.8 Å². The van der Waals surface area contributed by atoms with E-state index in [1.807, 2.05) is 0 Å². The van der Waals surface area contributed by atoms with E-state index in [0.717, 1.165) is 4.90 Å². The van der Waals surface area contributed by atoms with E-state index in [9.17, 15) is 49.2 Å². The van der Waals surface area contributed by atoms with Gasteiger partial charge in [-0.3, -0.25) is 4.79 Å². The predicted octanol–water partition coefficient (Wildman–Crippen LogP) is 3.18. The summed E-state index contributed by atoms with van der Waals surface area (Å²) in [5.41, 5.74) is -7.30. The molecule has 2 heterocycles. The second kappa shape index (κ2) is 25.3. The number of likely N-dealkylation sites (N-methyl/N-ethyl adjacent to an activating group) is 1. The summed E-state index contributed by atoms with van der Waals surface area (Å²) < 4.78 is 46.7. The van der Waals surface area contributed by atoms with Gasteiger partial charge in [-0.15, -0.1) is 0 Å². The van der Waals surface area contributed by atoms with Crippen molar-refractivity contribution in [2.75, 3.05) is 33.3 Å². The van der Waals surface area contributed by atoms with Crippen LogP contribution in [0.2, 0.25) is 0 Å². The number of rotatable bonds is 15. The molecule has 0 bridgehead atoms. The largest absolute Gasteiger partial charge is 0.491 e. The number of amides is 6. The molecule has 3 rings (SSSR count). The number of nitrogens with zero attached hydrogens (tertiary/aromatic N) is 1. The van der Waals surface area contributed by atoms with Gasteiger partial charge < -0.3 is 95.1 Å². The smallest absolute Gasteiger partial charge is 0.410 e. The lowest BCUT2D eigenvalue weighted by molar-refractivity contribution is -0.305. The van der Waals surface area contributed by atoms with Crippen LogP contribution in [0.1, 0.15) is 137 Å². The molecule has 0 aromatic carbocycles. The fraction of sp³-hybridized carbons (Fsp3) is 0.843. The van der Waals surface area contributed by atoms with E-state index in [1.165, 1.54) is 14.0 Å². The average Bonchev–Trinajstić information content (AvgIpc) is 3.18. The van der Waals surface area contributed by atoms with Crippen molar-refractivity contribution in [1.82, 2.24) is 36.8 Å². The molecule has 10 N–H and O–H groups in total. The number of alkyl carbamates (subject to hydrolysis) is 4. The van der Waals surface area contributed by atoms with E-state index < -0.39 is 156 Å². The van der Waals surface area contributed by atoms with Crippen LogP contribution in [0.3, 0.4) is 0 Å². The van der Waals surface area contributed by atoms with Crippen molar-refractivity contribution in [3.63, 3.8) is 0 Å². The van der Waals surface area contributed by atoms with E-state index in [4.69, 9.17) is 37.9 Å². The van der Waals surface area contributed by atoms with Crippen LogP contribution in [0.5, 0.6) is 0 Å². The summed E-state index contributed by atoms with van der Waals surface area (Å²) in [5.74, 6) is -2.04. The van der Waals surface area contributed by atoms with Crippen LogP contribution in [0.4, 0.5) is 24.0 Å². The van der Waals surface area contributed by atoms with Gasteiger partial charge in [-0.2, -0.15) is 0 Å². The number of hydrogen-bond donors (Lipinski definition) is 10. The molecule has 2 fully saturated rings. The van der Waals surface area contributed by atoms with Gasteiger partial charge in [0.1, 0.15) is 63.8 Å². The van der Waals surface area contributed by atoms with Crippen molar-refractivity contribution in [2.24, 2.45) is 5.92 Å². The molecule has 438 valence electrons.